The van der Waals surface area contributed by atoms with Crippen molar-refractivity contribution in [2.75, 3.05) is 32.7 Å². The first-order valence-corrected chi connectivity index (χ1v) is 8.52. The normalized spacial score (nSPS) is 29.2. The number of likely N-dealkylation sites (tertiary alicyclic amines) is 2. The highest BCUT2D eigenvalue weighted by Crippen LogP contribution is 2.41. The molecule has 1 amide bonds. The van der Waals surface area contributed by atoms with Crippen molar-refractivity contribution in [3.8, 4) is 0 Å². The molecule has 0 aromatic carbocycles. The van der Waals surface area contributed by atoms with Gasteiger partial charge in [-0.1, -0.05) is 0 Å². The van der Waals surface area contributed by atoms with Crippen LogP contribution in [0.5, 0.6) is 0 Å². The number of piperidine rings is 1. The largest absolute Gasteiger partial charge is 0.337 e. The van der Waals surface area contributed by atoms with Crippen LogP contribution < -0.4 is 0 Å². The van der Waals surface area contributed by atoms with E-state index in [1.165, 1.54) is 45.3 Å². The molecule has 3 fully saturated rings. The summed E-state index contributed by atoms with van der Waals surface area (Å²) >= 11 is 0. The summed E-state index contributed by atoms with van der Waals surface area (Å²) in [4.78, 5) is 25.5. The maximum Gasteiger partial charge on any atom is 0.274 e. The number of carbonyl (C=O) groups is 1. The summed E-state index contributed by atoms with van der Waals surface area (Å²) in [6.45, 7) is 5.42. The first-order chi connectivity index (χ1) is 10.7. The van der Waals surface area contributed by atoms with Crippen LogP contribution in [0.4, 0.5) is 0 Å². The van der Waals surface area contributed by atoms with Gasteiger partial charge in [0.1, 0.15) is 5.69 Å². The molecule has 1 aliphatic carbocycles. The molecule has 5 nitrogen and oxygen atoms in total. The van der Waals surface area contributed by atoms with Crippen molar-refractivity contribution in [1.82, 2.24) is 19.8 Å². The Hall–Kier alpha value is -1.49. The maximum atomic E-state index is 12.6. The van der Waals surface area contributed by atoms with Gasteiger partial charge < -0.3 is 9.80 Å². The monoisotopic (exact) mass is 300 g/mol. The van der Waals surface area contributed by atoms with E-state index in [-0.39, 0.29) is 5.91 Å². The molecule has 1 atom stereocenters. The molecule has 118 valence electrons. The predicted octanol–water partition coefficient (Wildman–Crippen LogP) is 1.81. The lowest BCUT2D eigenvalue weighted by Gasteiger charge is -2.40. The first-order valence-electron chi connectivity index (χ1n) is 8.52. The zero-order chi connectivity index (χ0) is 15.0. The van der Waals surface area contributed by atoms with E-state index in [1.807, 2.05) is 4.90 Å². The molecular weight excluding hydrogens is 276 g/mol. The second-order valence-electron chi connectivity index (χ2n) is 7.35. The topological polar surface area (TPSA) is 49.3 Å². The number of carbonyl (C=O) groups excluding carboxylic acids is 1. The van der Waals surface area contributed by atoms with Crippen LogP contribution >= 0.6 is 0 Å². The van der Waals surface area contributed by atoms with E-state index in [0.29, 0.717) is 11.1 Å². The van der Waals surface area contributed by atoms with Crippen molar-refractivity contribution in [1.29, 1.82) is 0 Å². The number of aromatic nitrogens is 2. The molecule has 1 aromatic rings. The van der Waals surface area contributed by atoms with E-state index in [1.54, 1.807) is 18.6 Å². The van der Waals surface area contributed by atoms with Crippen molar-refractivity contribution < 1.29 is 4.79 Å². The van der Waals surface area contributed by atoms with Crippen LogP contribution in [0.2, 0.25) is 0 Å². The highest BCUT2D eigenvalue weighted by Gasteiger charge is 2.43. The van der Waals surface area contributed by atoms with Gasteiger partial charge in [-0.15, -0.1) is 0 Å². The van der Waals surface area contributed by atoms with E-state index in [2.05, 4.69) is 14.9 Å². The van der Waals surface area contributed by atoms with Crippen LogP contribution in [0.15, 0.2) is 18.6 Å². The predicted molar refractivity (Wildman–Crippen MR) is 83.4 cm³/mol. The minimum atomic E-state index is 0.0489. The van der Waals surface area contributed by atoms with Crippen LogP contribution in [-0.2, 0) is 0 Å². The molecular formula is C17H24N4O. The fourth-order valence-corrected chi connectivity index (χ4v) is 4.14. The van der Waals surface area contributed by atoms with Gasteiger partial charge in [-0.3, -0.25) is 9.78 Å². The van der Waals surface area contributed by atoms with Crippen LogP contribution in [0.3, 0.4) is 0 Å². The van der Waals surface area contributed by atoms with E-state index >= 15 is 0 Å². The molecule has 1 saturated carbocycles. The summed E-state index contributed by atoms with van der Waals surface area (Å²) < 4.78 is 0. The molecule has 1 spiro atoms. The van der Waals surface area contributed by atoms with E-state index < -0.39 is 0 Å². The molecule has 22 heavy (non-hydrogen) atoms. The van der Waals surface area contributed by atoms with Gasteiger partial charge in [0.05, 0.1) is 6.20 Å². The summed E-state index contributed by atoms with van der Waals surface area (Å²) in [5, 5.41) is 0. The number of amides is 1. The first kappa shape index (κ1) is 14.1. The zero-order valence-corrected chi connectivity index (χ0v) is 13.1. The lowest BCUT2D eigenvalue weighted by atomic mass is 9.79. The number of hydrogen-bond donors (Lipinski definition) is 0. The molecule has 1 aromatic heterocycles. The number of hydrogen-bond acceptors (Lipinski definition) is 4. The van der Waals surface area contributed by atoms with Crippen LogP contribution in [0.1, 0.15) is 42.6 Å². The third-order valence-corrected chi connectivity index (χ3v) is 5.46. The molecule has 2 aliphatic heterocycles. The fraction of sp³-hybridized carbons (Fsp3) is 0.706. The van der Waals surface area contributed by atoms with Crippen molar-refractivity contribution in [2.45, 2.75) is 32.1 Å². The fourth-order valence-electron chi connectivity index (χ4n) is 4.14. The Kier molecular flexibility index (Phi) is 3.60. The van der Waals surface area contributed by atoms with Gasteiger partial charge in [-0.25, -0.2) is 4.98 Å². The number of rotatable bonds is 3. The van der Waals surface area contributed by atoms with Gasteiger partial charge in [-0.05, 0) is 44.6 Å². The summed E-state index contributed by atoms with van der Waals surface area (Å²) in [6.07, 6.45) is 11.2. The quantitative estimate of drug-likeness (QED) is 0.854. The maximum absolute atomic E-state index is 12.6. The van der Waals surface area contributed by atoms with Crippen molar-refractivity contribution >= 4 is 5.91 Å². The highest BCUT2D eigenvalue weighted by atomic mass is 16.2. The molecule has 0 radical (unpaired) electrons. The lowest BCUT2D eigenvalue weighted by Crippen LogP contribution is -2.47. The van der Waals surface area contributed by atoms with E-state index in [0.717, 1.165) is 25.4 Å². The van der Waals surface area contributed by atoms with Gasteiger partial charge in [-0.2, -0.15) is 0 Å². The Morgan fingerprint density at radius 1 is 1.23 bits per heavy atom. The molecule has 0 N–H and O–H groups in total. The summed E-state index contributed by atoms with van der Waals surface area (Å²) in [6, 6.07) is 0. The van der Waals surface area contributed by atoms with E-state index in [4.69, 9.17) is 0 Å². The minimum Gasteiger partial charge on any atom is -0.337 e. The van der Waals surface area contributed by atoms with Crippen molar-refractivity contribution in [2.24, 2.45) is 11.3 Å². The van der Waals surface area contributed by atoms with Crippen LogP contribution in [-0.4, -0.2) is 58.4 Å². The van der Waals surface area contributed by atoms with Gasteiger partial charge in [0.2, 0.25) is 0 Å². The van der Waals surface area contributed by atoms with Gasteiger partial charge in [0, 0.05) is 44.0 Å². The molecule has 0 bridgehead atoms. The lowest BCUT2D eigenvalue weighted by molar-refractivity contribution is 0.0521. The Labute approximate surface area is 131 Å². The van der Waals surface area contributed by atoms with Gasteiger partial charge in [0.25, 0.3) is 5.91 Å². The molecule has 3 aliphatic rings. The Bertz CT molecular complexity index is 545. The smallest absolute Gasteiger partial charge is 0.274 e. The standard InChI is InChI=1S/C17H24N4O/c22-16(15-10-18-6-7-19-15)21-8-1-4-17(13-21)5-9-20(12-17)11-14-2-3-14/h6-7,10,14H,1-5,8-9,11-13H2/t17-/m1/s1. The molecule has 0 unspecified atom stereocenters. The van der Waals surface area contributed by atoms with Crippen LogP contribution in [0, 0.1) is 11.3 Å². The zero-order valence-electron chi connectivity index (χ0n) is 13.1. The number of nitrogens with zero attached hydrogens (tertiary/aromatic N) is 4. The minimum absolute atomic E-state index is 0.0489. The Morgan fingerprint density at radius 3 is 2.91 bits per heavy atom. The Morgan fingerprint density at radius 2 is 2.14 bits per heavy atom. The summed E-state index contributed by atoms with van der Waals surface area (Å²) in [7, 11) is 0. The highest BCUT2D eigenvalue weighted by molar-refractivity contribution is 5.92. The summed E-state index contributed by atoms with van der Waals surface area (Å²) in [5.41, 5.74) is 0.803. The van der Waals surface area contributed by atoms with E-state index in [9.17, 15) is 4.79 Å². The van der Waals surface area contributed by atoms with Crippen molar-refractivity contribution in [3.05, 3.63) is 24.3 Å². The molecule has 5 heteroatoms. The second-order valence-corrected chi connectivity index (χ2v) is 7.35. The molecule has 3 heterocycles. The average molecular weight is 300 g/mol. The molecule has 4 rings (SSSR count). The van der Waals surface area contributed by atoms with Gasteiger partial charge in [0.15, 0.2) is 0 Å². The average Bonchev–Trinajstić information content (AvgIpc) is 3.29. The van der Waals surface area contributed by atoms with Crippen molar-refractivity contribution in [3.63, 3.8) is 0 Å². The third-order valence-electron chi connectivity index (χ3n) is 5.46. The van der Waals surface area contributed by atoms with Crippen LogP contribution in [0.25, 0.3) is 0 Å². The van der Waals surface area contributed by atoms with Gasteiger partial charge >= 0.3 is 0 Å². The SMILES string of the molecule is O=C(c1cnccn1)N1CCC[C@]2(CCN(CC3CC3)C2)C1. The summed E-state index contributed by atoms with van der Waals surface area (Å²) in [5.74, 6) is 1.00. The third kappa shape index (κ3) is 2.86. The second kappa shape index (κ2) is 5.61. The molecule has 2 saturated heterocycles. The Balaban J connectivity index is 1.42.